The average molecular weight is 880 g/mol. The van der Waals surface area contributed by atoms with Crippen molar-refractivity contribution in [3.63, 3.8) is 0 Å². The van der Waals surface area contributed by atoms with Gasteiger partial charge in [0.25, 0.3) is 0 Å². The summed E-state index contributed by atoms with van der Waals surface area (Å²) in [5.41, 5.74) is 4.80. The highest BCUT2D eigenvalue weighted by molar-refractivity contribution is 6.42. The predicted molar refractivity (Wildman–Crippen MR) is 237 cm³/mol. The summed E-state index contributed by atoms with van der Waals surface area (Å²) >= 11 is 19.4. The molecule has 4 amide bonds. The molecule has 320 valence electrons. The summed E-state index contributed by atoms with van der Waals surface area (Å²) in [4.78, 5) is 71.1. The van der Waals surface area contributed by atoms with Crippen molar-refractivity contribution in [2.75, 3.05) is 138 Å². The molecular weight excluding hydrogens is 827 g/mol. The highest BCUT2D eigenvalue weighted by atomic mass is 35.5. The average Bonchev–Trinajstić information content (AvgIpc) is 4.06. The molecule has 6 aliphatic heterocycles. The molecule has 0 aromatic heterocycles. The van der Waals surface area contributed by atoms with Gasteiger partial charge < -0.3 is 39.6 Å². The molecule has 0 unspecified atom stereocenters. The molecule has 4 saturated heterocycles. The Morgan fingerprint density at radius 2 is 1.17 bits per heavy atom. The van der Waals surface area contributed by atoms with Crippen LogP contribution in [-0.2, 0) is 19.2 Å². The van der Waals surface area contributed by atoms with Gasteiger partial charge in [-0.2, -0.15) is 0 Å². The number of benzene rings is 2. The van der Waals surface area contributed by atoms with Crippen LogP contribution < -0.4 is 20.0 Å². The fourth-order valence-electron chi connectivity index (χ4n) is 9.42. The van der Waals surface area contributed by atoms with E-state index in [0.29, 0.717) is 80.9 Å². The lowest BCUT2D eigenvalue weighted by Gasteiger charge is -2.48. The molecule has 2 aromatic rings. The van der Waals surface area contributed by atoms with Crippen LogP contribution in [0.1, 0.15) is 24.3 Å². The SMILES string of the molecule is C=CC(=O)N1CC(N2CCN(C(=O)CN3CCN(C=CC(=O)N4CC(N5CCN(C(=O)CN6CCNc7cc(Cl)c(Cl)cc76)CC5)C4)c4cc(Cl)c(C5CC5)cc43)CC2)C1. The summed E-state index contributed by atoms with van der Waals surface area (Å²) in [6.07, 6.45) is 7.12. The molecule has 5 fully saturated rings. The third-order valence-electron chi connectivity index (χ3n) is 13.4. The molecule has 17 heteroatoms. The normalized spacial score (nSPS) is 21.7. The fourth-order valence-corrected chi connectivity index (χ4v) is 10.1. The maximum absolute atomic E-state index is 13.7. The Bertz CT molecular complexity index is 2060. The van der Waals surface area contributed by atoms with E-state index >= 15 is 0 Å². The zero-order chi connectivity index (χ0) is 41.7. The van der Waals surface area contributed by atoms with Gasteiger partial charge in [0.05, 0.1) is 45.9 Å². The van der Waals surface area contributed by atoms with Crippen LogP contribution >= 0.6 is 34.8 Å². The third kappa shape index (κ3) is 8.50. The molecule has 0 radical (unpaired) electrons. The lowest BCUT2D eigenvalue weighted by atomic mass is 10.0. The first-order valence-corrected chi connectivity index (χ1v) is 22.4. The van der Waals surface area contributed by atoms with Gasteiger partial charge in [-0.25, -0.2) is 0 Å². The van der Waals surface area contributed by atoms with E-state index in [1.807, 2.05) is 39.1 Å². The van der Waals surface area contributed by atoms with Crippen molar-refractivity contribution in [3.05, 3.63) is 69.8 Å². The van der Waals surface area contributed by atoms with E-state index in [4.69, 9.17) is 34.8 Å². The van der Waals surface area contributed by atoms with Gasteiger partial charge in [0.15, 0.2) is 0 Å². The van der Waals surface area contributed by atoms with Crippen molar-refractivity contribution in [1.82, 2.24) is 29.4 Å². The fraction of sp³-hybridized carbons (Fsp3) is 0.535. The van der Waals surface area contributed by atoms with Gasteiger partial charge in [-0.15, -0.1) is 0 Å². The standard InChI is InChI=1S/C43H53Cl3N10O4/c1-2-40(57)55-23-30(24-55)48-9-16-52(17-10-48)43(60)28-54-18-13-50(39-21-33(44)32(19-38(39)54)29-3-4-29)7-5-41(58)56-25-31(26-56)49-11-14-51(15-12-49)42(59)27-53-8-6-47-36-20-34(45)35(46)22-37(36)53/h2,5,7,19-22,29-31,47H,1,3-4,6,8-18,23-28H2. The minimum Gasteiger partial charge on any atom is -0.382 e. The van der Waals surface area contributed by atoms with E-state index in [-0.39, 0.29) is 42.8 Å². The molecule has 0 spiro atoms. The molecule has 7 aliphatic rings. The highest BCUT2D eigenvalue weighted by Gasteiger charge is 2.38. The predicted octanol–water partition coefficient (Wildman–Crippen LogP) is 3.49. The summed E-state index contributed by atoms with van der Waals surface area (Å²) in [5.74, 6) is 0.601. The maximum Gasteiger partial charge on any atom is 0.248 e. The van der Waals surface area contributed by atoms with Crippen molar-refractivity contribution in [2.24, 2.45) is 0 Å². The van der Waals surface area contributed by atoms with Crippen molar-refractivity contribution in [2.45, 2.75) is 30.8 Å². The van der Waals surface area contributed by atoms with E-state index in [1.54, 1.807) is 11.0 Å². The van der Waals surface area contributed by atoms with Gasteiger partial charge in [-0.3, -0.25) is 29.0 Å². The molecule has 6 heterocycles. The minimum atomic E-state index is -0.0290. The van der Waals surface area contributed by atoms with Gasteiger partial charge in [-0.05, 0) is 54.7 Å². The second-order valence-corrected chi connectivity index (χ2v) is 18.3. The number of likely N-dealkylation sites (tertiary alicyclic amines) is 2. The topological polar surface area (TPSA) is 109 Å². The summed E-state index contributed by atoms with van der Waals surface area (Å²) in [7, 11) is 0. The smallest absolute Gasteiger partial charge is 0.248 e. The number of fused-ring (bicyclic) bond motifs is 2. The number of anilines is 4. The Morgan fingerprint density at radius 3 is 1.75 bits per heavy atom. The van der Waals surface area contributed by atoms with Crippen LogP contribution in [0.15, 0.2) is 49.2 Å². The Kier molecular flexibility index (Phi) is 11.9. The van der Waals surface area contributed by atoms with E-state index in [0.717, 1.165) is 92.0 Å². The lowest BCUT2D eigenvalue weighted by Crippen LogP contribution is -2.64. The van der Waals surface area contributed by atoms with Crippen LogP contribution in [0.5, 0.6) is 0 Å². The summed E-state index contributed by atoms with van der Waals surface area (Å²) < 4.78 is 0. The van der Waals surface area contributed by atoms with E-state index < -0.39 is 0 Å². The quantitative estimate of drug-likeness (QED) is 0.357. The van der Waals surface area contributed by atoms with E-state index in [2.05, 4.69) is 42.5 Å². The summed E-state index contributed by atoms with van der Waals surface area (Å²) in [6, 6.07) is 8.42. The maximum atomic E-state index is 13.7. The molecular formula is C43H53Cl3N10O4. The number of nitrogens with zero attached hydrogens (tertiary/aromatic N) is 9. The molecule has 60 heavy (non-hydrogen) atoms. The number of amides is 4. The zero-order valence-corrected chi connectivity index (χ0v) is 36.2. The Labute approximate surface area is 366 Å². The summed E-state index contributed by atoms with van der Waals surface area (Å²) in [5, 5.41) is 5.03. The van der Waals surface area contributed by atoms with Gasteiger partial charge in [0.2, 0.25) is 23.6 Å². The van der Waals surface area contributed by atoms with Crippen molar-refractivity contribution < 1.29 is 19.2 Å². The van der Waals surface area contributed by atoms with Crippen molar-refractivity contribution in [3.8, 4) is 0 Å². The Balaban J connectivity index is 0.755. The van der Waals surface area contributed by atoms with Crippen LogP contribution in [0.3, 0.4) is 0 Å². The Morgan fingerprint density at radius 1 is 0.617 bits per heavy atom. The summed E-state index contributed by atoms with van der Waals surface area (Å²) in [6.45, 7) is 15.4. The number of carbonyl (C=O) groups excluding carboxylic acids is 4. The molecule has 2 aromatic carbocycles. The zero-order valence-electron chi connectivity index (χ0n) is 33.9. The molecule has 1 N–H and O–H groups in total. The first-order valence-electron chi connectivity index (χ1n) is 21.3. The largest absolute Gasteiger partial charge is 0.382 e. The lowest BCUT2D eigenvalue weighted by molar-refractivity contribution is -0.137. The van der Waals surface area contributed by atoms with Crippen molar-refractivity contribution in [1.29, 1.82) is 0 Å². The number of hydrogen-bond donors (Lipinski definition) is 1. The first-order chi connectivity index (χ1) is 29.0. The van der Waals surface area contributed by atoms with Crippen LogP contribution in [0.4, 0.5) is 22.7 Å². The number of piperazine rings is 2. The monoisotopic (exact) mass is 878 g/mol. The van der Waals surface area contributed by atoms with Crippen LogP contribution in [0.2, 0.25) is 15.1 Å². The number of nitrogens with one attached hydrogen (secondary N) is 1. The molecule has 1 saturated carbocycles. The van der Waals surface area contributed by atoms with Crippen LogP contribution in [-0.4, -0.2) is 183 Å². The molecule has 9 rings (SSSR count). The number of carbonyl (C=O) groups is 4. The highest BCUT2D eigenvalue weighted by Crippen LogP contribution is 2.48. The van der Waals surface area contributed by atoms with Crippen molar-refractivity contribution >= 4 is 81.2 Å². The van der Waals surface area contributed by atoms with Gasteiger partial charge in [0, 0.05) is 134 Å². The number of rotatable bonds is 10. The second kappa shape index (κ2) is 17.3. The van der Waals surface area contributed by atoms with E-state index in [9.17, 15) is 19.2 Å². The number of hydrogen-bond acceptors (Lipinski definition) is 10. The molecule has 14 nitrogen and oxygen atoms in total. The van der Waals surface area contributed by atoms with Crippen LogP contribution in [0, 0.1) is 0 Å². The Hall–Kier alpha value is -4.21. The van der Waals surface area contributed by atoms with E-state index in [1.165, 1.54) is 6.08 Å². The van der Waals surface area contributed by atoms with Gasteiger partial charge in [0.1, 0.15) is 0 Å². The minimum absolute atomic E-state index is 0.0234. The second-order valence-electron chi connectivity index (χ2n) is 17.0. The molecule has 1 aliphatic carbocycles. The first kappa shape index (κ1) is 41.2. The van der Waals surface area contributed by atoms with Crippen LogP contribution in [0.25, 0.3) is 0 Å². The van der Waals surface area contributed by atoms with Gasteiger partial charge in [-0.1, -0.05) is 41.4 Å². The molecule has 0 atom stereocenters. The van der Waals surface area contributed by atoms with Gasteiger partial charge >= 0.3 is 0 Å². The number of halogens is 3. The third-order valence-corrected chi connectivity index (χ3v) is 14.4. The molecule has 0 bridgehead atoms.